The molecule has 1 unspecified atom stereocenters. The Bertz CT molecular complexity index is 257. The van der Waals surface area contributed by atoms with Crippen LogP contribution in [0.5, 0.6) is 5.75 Å². The van der Waals surface area contributed by atoms with Crippen LogP contribution in [0.25, 0.3) is 0 Å². The minimum atomic E-state index is -4.94. The number of rotatable bonds is 1. The molecule has 0 N–H and O–H groups in total. The van der Waals surface area contributed by atoms with Crippen molar-refractivity contribution in [2.24, 2.45) is 0 Å². The maximum atomic E-state index is 8.49. The molecule has 0 aromatic heterocycles. The predicted octanol–water partition coefficient (Wildman–Crippen LogP) is -3.56. The summed E-state index contributed by atoms with van der Waals surface area (Å²) < 4.78 is 38.9. The van der Waals surface area contributed by atoms with E-state index >= 15 is 0 Å². The summed E-state index contributed by atoms with van der Waals surface area (Å²) >= 11 is 0. The van der Waals surface area contributed by atoms with Gasteiger partial charge in [0.15, 0.2) is 0 Å². The van der Waals surface area contributed by atoms with Crippen LogP contribution in [0.15, 0.2) is 24.3 Å². The third kappa shape index (κ3) is 14.3. The van der Waals surface area contributed by atoms with Gasteiger partial charge in [0.25, 0.3) is 0 Å². The van der Waals surface area contributed by atoms with E-state index in [4.69, 9.17) is 23.4 Å². The molecule has 0 heterocycles. The third-order valence-electron chi connectivity index (χ3n) is 1.12. The molecule has 1 atom stereocenters. The van der Waals surface area contributed by atoms with Gasteiger partial charge in [0.05, 0.1) is 7.11 Å². The molecule has 1 aromatic carbocycles. The first-order chi connectivity index (χ1) is 6.33. The Labute approximate surface area is 108 Å². The second kappa shape index (κ2) is 8.47. The number of benzene rings is 1. The molecule has 8 heteroatoms. The van der Waals surface area contributed by atoms with E-state index in [9.17, 15) is 0 Å². The standard InChI is InChI=1S/C7H9OP.Au.ClHO4/c1-8-6-2-4-7(9)5-3-6;;2-1(3,4)5/h2-5H,9H2,1H3;;(H,2,3,4,5)/q;+1;/p-1. The number of hydrogen-bond donors (Lipinski definition) is 0. The fourth-order valence-corrected chi connectivity index (χ4v) is 0.796. The van der Waals surface area contributed by atoms with Crippen LogP contribution in [0.4, 0.5) is 0 Å². The van der Waals surface area contributed by atoms with Gasteiger partial charge in [-0.2, -0.15) is 0 Å². The van der Waals surface area contributed by atoms with E-state index in [-0.39, 0.29) is 22.4 Å². The van der Waals surface area contributed by atoms with Crippen LogP contribution < -0.4 is 28.7 Å². The molecule has 0 fully saturated rings. The molecule has 1 rings (SSSR count). The van der Waals surface area contributed by atoms with Crippen LogP contribution in [0.3, 0.4) is 0 Å². The number of hydrogen-bond acceptors (Lipinski definition) is 5. The van der Waals surface area contributed by atoms with E-state index in [1.54, 1.807) is 7.11 Å². The minimum Gasteiger partial charge on any atom is -0.497 e. The van der Waals surface area contributed by atoms with Crippen LogP contribution >= 0.6 is 9.24 Å². The van der Waals surface area contributed by atoms with Crippen molar-refractivity contribution in [3.05, 3.63) is 24.3 Å². The smallest absolute Gasteiger partial charge is 0.497 e. The zero-order valence-electron chi connectivity index (χ0n) is 7.61. The summed E-state index contributed by atoms with van der Waals surface area (Å²) in [7, 11) is -0.663. The fourth-order valence-electron chi connectivity index (χ4n) is 0.604. The molecule has 0 aliphatic rings. The average Bonchev–Trinajstić information content (AvgIpc) is 2.03. The molecule has 5 nitrogen and oxygen atoms in total. The topological polar surface area (TPSA) is 101 Å². The first kappa shape index (κ1) is 17.7. The second-order valence-corrected chi connectivity index (χ2v) is 3.57. The molecule has 0 saturated heterocycles. The summed E-state index contributed by atoms with van der Waals surface area (Å²) in [5.74, 6) is 0.904. The van der Waals surface area contributed by atoms with Crippen molar-refractivity contribution in [2.45, 2.75) is 0 Å². The molecule has 0 spiro atoms. The van der Waals surface area contributed by atoms with Crippen molar-refractivity contribution in [2.75, 3.05) is 7.11 Å². The van der Waals surface area contributed by atoms with Crippen LogP contribution in [-0.2, 0) is 22.4 Å². The summed E-state index contributed by atoms with van der Waals surface area (Å²) in [5, 5.41) is 1.18. The Morgan fingerprint density at radius 3 is 1.67 bits per heavy atom. The molecule has 0 bridgehead atoms. The fraction of sp³-hybridized carbons (Fsp3) is 0.143. The van der Waals surface area contributed by atoms with Gasteiger partial charge in [-0.3, -0.25) is 0 Å². The van der Waals surface area contributed by atoms with Gasteiger partial charge in [0.1, 0.15) is 5.75 Å². The molecular weight excluding hydrogens is 427 g/mol. The number of halogens is 1. The summed E-state index contributed by atoms with van der Waals surface area (Å²) in [6, 6.07) is 7.84. The van der Waals surface area contributed by atoms with Crippen LogP contribution in [0, 0.1) is 10.2 Å². The normalized spacial score (nSPS) is 9.47. The molecule has 0 aliphatic carbocycles. The number of ether oxygens (including phenoxy) is 1. The van der Waals surface area contributed by atoms with Crippen LogP contribution in [0.2, 0.25) is 0 Å². The van der Waals surface area contributed by atoms with Gasteiger partial charge in [-0.05, 0) is 17.4 Å². The molecule has 15 heavy (non-hydrogen) atoms. The predicted molar refractivity (Wildman–Crippen MR) is 42.3 cm³/mol. The first-order valence-electron chi connectivity index (χ1n) is 3.34. The third-order valence-corrected chi connectivity index (χ3v) is 1.50. The molecule has 0 aliphatic heterocycles. The SMILES string of the molecule is COc1ccc(P)cc1.[Au+].[O-][Cl+3]([O-])([O-])[O-]. The van der Waals surface area contributed by atoms with Crippen LogP contribution in [-0.4, -0.2) is 7.11 Å². The molecule has 0 saturated carbocycles. The van der Waals surface area contributed by atoms with Gasteiger partial charge in [-0.25, -0.2) is 18.6 Å². The van der Waals surface area contributed by atoms with Crippen molar-refractivity contribution in [3.63, 3.8) is 0 Å². The van der Waals surface area contributed by atoms with E-state index < -0.39 is 10.2 Å². The van der Waals surface area contributed by atoms with E-state index in [2.05, 4.69) is 9.24 Å². The molecule has 1 aromatic rings. The Morgan fingerprint density at radius 1 is 1.07 bits per heavy atom. The van der Waals surface area contributed by atoms with Gasteiger partial charge >= 0.3 is 22.4 Å². The molecule has 0 radical (unpaired) electrons. The second-order valence-electron chi connectivity index (χ2n) is 2.15. The summed E-state index contributed by atoms with van der Waals surface area (Å²) in [6.07, 6.45) is 0. The zero-order valence-corrected chi connectivity index (χ0v) is 11.7. The maximum Gasteiger partial charge on any atom is 1.00 e. The Balaban J connectivity index is 0. The monoisotopic (exact) mass is 436 g/mol. The Kier molecular flexibility index (Phi) is 10.00. The van der Waals surface area contributed by atoms with Crippen molar-refractivity contribution < 1.29 is 56.0 Å². The summed E-state index contributed by atoms with van der Waals surface area (Å²) in [5.41, 5.74) is 0. The molecule has 90 valence electrons. The minimum absolute atomic E-state index is 0. The molecule has 0 amide bonds. The first-order valence-corrected chi connectivity index (χ1v) is 5.15. The zero-order chi connectivity index (χ0) is 11.2. The number of methoxy groups -OCH3 is 1. The Hall–Kier alpha value is 0.320. The molecular formula is C7H9AuClO5P. The largest absolute Gasteiger partial charge is 1.00 e. The van der Waals surface area contributed by atoms with Gasteiger partial charge in [-0.1, -0.05) is 12.1 Å². The van der Waals surface area contributed by atoms with Gasteiger partial charge in [0, 0.05) is 0 Å². The van der Waals surface area contributed by atoms with Crippen molar-refractivity contribution in [1.29, 1.82) is 0 Å². The van der Waals surface area contributed by atoms with Crippen molar-refractivity contribution in [1.82, 2.24) is 0 Å². The van der Waals surface area contributed by atoms with Crippen molar-refractivity contribution in [3.8, 4) is 5.75 Å². The van der Waals surface area contributed by atoms with Gasteiger partial charge < -0.3 is 4.74 Å². The van der Waals surface area contributed by atoms with E-state index in [1.807, 2.05) is 24.3 Å². The van der Waals surface area contributed by atoms with Gasteiger partial charge in [-0.15, -0.1) is 19.5 Å². The quantitative estimate of drug-likeness (QED) is 0.335. The van der Waals surface area contributed by atoms with Crippen LogP contribution in [0.1, 0.15) is 0 Å². The van der Waals surface area contributed by atoms with E-state index in [1.165, 1.54) is 5.30 Å². The van der Waals surface area contributed by atoms with Crippen molar-refractivity contribution >= 4 is 14.5 Å². The Morgan fingerprint density at radius 2 is 1.40 bits per heavy atom. The van der Waals surface area contributed by atoms with Gasteiger partial charge in [0.2, 0.25) is 0 Å². The van der Waals surface area contributed by atoms with E-state index in [0.29, 0.717) is 0 Å². The average molecular weight is 437 g/mol. The van der Waals surface area contributed by atoms with E-state index in [0.717, 1.165) is 5.75 Å². The summed E-state index contributed by atoms with van der Waals surface area (Å²) in [6.45, 7) is 0. The summed E-state index contributed by atoms with van der Waals surface area (Å²) in [4.78, 5) is 0. The maximum absolute atomic E-state index is 8.49.